The van der Waals surface area contributed by atoms with E-state index in [9.17, 15) is 8.42 Å². The van der Waals surface area contributed by atoms with Crippen LogP contribution in [0, 0.1) is 13.8 Å². The fourth-order valence-electron chi connectivity index (χ4n) is 2.67. The van der Waals surface area contributed by atoms with Gasteiger partial charge in [-0.05, 0) is 54.7 Å². The lowest BCUT2D eigenvalue weighted by atomic mass is 9.87. The predicted molar refractivity (Wildman–Crippen MR) is 105 cm³/mol. The van der Waals surface area contributed by atoms with E-state index in [2.05, 4.69) is 30.5 Å². The summed E-state index contributed by atoms with van der Waals surface area (Å²) in [5.41, 5.74) is 3.05. The molecular formula is C19H22N2O2S2. The summed E-state index contributed by atoms with van der Waals surface area (Å²) in [6.07, 6.45) is 0. The van der Waals surface area contributed by atoms with Gasteiger partial charge in [0.05, 0.1) is 25.8 Å². The van der Waals surface area contributed by atoms with Crippen LogP contribution in [-0.2, 0) is 15.4 Å². The average Bonchev–Trinajstić information content (AvgIpc) is 2.85. The lowest BCUT2D eigenvalue weighted by Crippen LogP contribution is -2.17. The lowest BCUT2D eigenvalue weighted by Gasteiger charge is -2.21. The van der Waals surface area contributed by atoms with Crippen molar-refractivity contribution in [1.82, 2.24) is 4.98 Å². The van der Waals surface area contributed by atoms with Crippen LogP contribution in [0.1, 0.15) is 36.9 Å². The van der Waals surface area contributed by atoms with Gasteiger partial charge in [0, 0.05) is 0 Å². The first-order valence-electron chi connectivity index (χ1n) is 8.07. The molecule has 0 unspecified atom stereocenters. The summed E-state index contributed by atoms with van der Waals surface area (Å²) in [6.45, 7) is 9.97. The Morgan fingerprint density at radius 2 is 1.76 bits per heavy atom. The number of aromatic nitrogens is 1. The van der Waals surface area contributed by atoms with Gasteiger partial charge in [-0.2, -0.15) is 0 Å². The molecule has 0 saturated carbocycles. The number of nitrogens with one attached hydrogen (secondary N) is 1. The van der Waals surface area contributed by atoms with Gasteiger partial charge in [-0.25, -0.2) is 13.4 Å². The number of anilines is 1. The number of hydrogen-bond donors (Lipinski definition) is 1. The van der Waals surface area contributed by atoms with E-state index in [-0.39, 0.29) is 5.41 Å². The molecule has 0 spiro atoms. The predicted octanol–water partition coefficient (Wildman–Crippen LogP) is 5.01. The molecular weight excluding hydrogens is 352 g/mol. The smallest absolute Gasteiger partial charge is 0.262 e. The minimum absolute atomic E-state index is 0.114. The Kier molecular flexibility index (Phi) is 4.37. The van der Waals surface area contributed by atoms with Crippen LogP contribution < -0.4 is 4.72 Å². The summed E-state index contributed by atoms with van der Waals surface area (Å²) in [5.74, 6) is 0. The van der Waals surface area contributed by atoms with Crippen molar-refractivity contribution in [1.29, 1.82) is 0 Å². The Morgan fingerprint density at radius 1 is 1.04 bits per heavy atom. The second-order valence-electron chi connectivity index (χ2n) is 7.25. The summed E-state index contributed by atoms with van der Waals surface area (Å²) < 4.78 is 29.5. The molecule has 6 heteroatoms. The van der Waals surface area contributed by atoms with Crippen molar-refractivity contribution in [3.8, 4) is 0 Å². The van der Waals surface area contributed by atoms with E-state index in [0.717, 1.165) is 26.4 Å². The van der Waals surface area contributed by atoms with Crippen LogP contribution in [0.2, 0.25) is 0 Å². The van der Waals surface area contributed by atoms with Crippen LogP contribution in [0.4, 0.5) is 5.69 Å². The molecule has 0 amide bonds. The van der Waals surface area contributed by atoms with Gasteiger partial charge < -0.3 is 0 Å². The zero-order chi connectivity index (χ0) is 18.4. The van der Waals surface area contributed by atoms with Crippen molar-refractivity contribution in [2.24, 2.45) is 0 Å². The first-order chi connectivity index (χ1) is 11.6. The quantitative estimate of drug-likeness (QED) is 0.701. The Hall–Kier alpha value is -1.92. The molecule has 3 aromatic rings. The molecule has 0 aliphatic heterocycles. The van der Waals surface area contributed by atoms with Crippen LogP contribution in [-0.4, -0.2) is 13.4 Å². The molecule has 132 valence electrons. The molecule has 25 heavy (non-hydrogen) atoms. The third kappa shape index (κ3) is 3.70. The van der Waals surface area contributed by atoms with Gasteiger partial charge in [-0.15, -0.1) is 11.3 Å². The van der Waals surface area contributed by atoms with Crippen molar-refractivity contribution in [2.45, 2.75) is 44.9 Å². The van der Waals surface area contributed by atoms with E-state index in [4.69, 9.17) is 0 Å². The van der Waals surface area contributed by atoms with Gasteiger partial charge in [0.2, 0.25) is 0 Å². The largest absolute Gasteiger partial charge is 0.280 e. The summed E-state index contributed by atoms with van der Waals surface area (Å²) >= 11 is 1.55. The van der Waals surface area contributed by atoms with E-state index in [1.54, 1.807) is 23.5 Å². The molecule has 0 aliphatic rings. The van der Waals surface area contributed by atoms with Crippen LogP contribution >= 0.6 is 11.3 Å². The first kappa shape index (κ1) is 17.9. The van der Waals surface area contributed by atoms with Gasteiger partial charge >= 0.3 is 0 Å². The number of hydrogen-bond acceptors (Lipinski definition) is 4. The van der Waals surface area contributed by atoms with E-state index < -0.39 is 10.0 Å². The molecule has 0 radical (unpaired) electrons. The standard InChI is InChI=1S/C19H22N2O2S2/c1-12-6-7-14(19(3,4)5)10-18(12)25(22,23)21-15-8-9-16-17(11-15)24-13(2)20-16/h6-11,21H,1-5H3. The van der Waals surface area contributed by atoms with E-state index in [0.29, 0.717) is 10.6 Å². The van der Waals surface area contributed by atoms with Crippen molar-refractivity contribution in [3.63, 3.8) is 0 Å². The lowest BCUT2D eigenvalue weighted by molar-refractivity contribution is 0.584. The topological polar surface area (TPSA) is 59.1 Å². The fourth-order valence-corrected chi connectivity index (χ4v) is 4.86. The number of rotatable bonds is 3. The van der Waals surface area contributed by atoms with Gasteiger partial charge in [0.1, 0.15) is 0 Å². The summed E-state index contributed by atoms with van der Waals surface area (Å²) in [7, 11) is -3.65. The van der Waals surface area contributed by atoms with Gasteiger partial charge in [-0.3, -0.25) is 4.72 Å². The molecule has 0 fully saturated rings. The van der Waals surface area contributed by atoms with Crippen molar-refractivity contribution < 1.29 is 8.42 Å². The Balaban J connectivity index is 2.00. The normalized spacial score (nSPS) is 12.5. The highest BCUT2D eigenvalue weighted by Gasteiger charge is 2.21. The highest BCUT2D eigenvalue weighted by molar-refractivity contribution is 7.92. The Bertz CT molecular complexity index is 1040. The molecule has 1 aromatic heterocycles. The van der Waals surface area contributed by atoms with Crippen LogP contribution in [0.15, 0.2) is 41.3 Å². The highest BCUT2D eigenvalue weighted by Crippen LogP contribution is 2.29. The van der Waals surface area contributed by atoms with Crippen molar-refractivity contribution in [2.75, 3.05) is 4.72 Å². The van der Waals surface area contributed by atoms with E-state index in [1.165, 1.54) is 0 Å². The first-order valence-corrected chi connectivity index (χ1v) is 10.4. The third-order valence-electron chi connectivity index (χ3n) is 4.09. The maximum absolute atomic E-state index is 12.9. The number of nitrogens with zero attached hydrogens (tertiary/aromatic N) is 1. The molecule has 4 nitrogen and oxygen atoms in total. The molecule has 1 N–H and O–H groups in total. The van der Waals surface area contributed by atoms with Crippen molar-refractivity contribution >= 4 is 37.3 Å². The fraction of sp³-hybridized carbons (Fsp3) is 0.316. The third-order valence-corrected chi connectivity index (χ3v) is 6.55. The van der Waals surface area contributed by atoms with Crippen LogP contribution in [0.25, 0.3) is 10.2 Å². The molecule has 3 rings (SSSR count). The second kappa shape index (κ2) is 6.11. The van der Waals surface area contributed by atoms with Crippen LogP contribution in [0.5, 0.6) is 0 Å². The zero-order valence-corrected chi connectivity index (χ0v) is 16.7. The molecule has 0 atom stereocenters. The molecule has 2 aromatic carbocycles. The SMILES string of the molecule is Cc1nc2ccc(NS(=O)(=O)c3cc(C(C)(C)C)ccc3C)cc2s1. The van der Waals surface area contributed by atoms with Gasteiger partial charge in [0.25, 0.3) is 10.0 Å². The monoisotopic (exact) mass is 374 g/mol. The number of sulfonamides is 1. The highest BCUT2D eigenvalue weighted by atomic mass is 32.2. The van der Waals surface area contributed by atoms with Gasteiger partial charge in [-0.1, -0.05) is 32.9 Å². The van der Waals surface area contributed by atoms with Gasteiger partial charge in [0.15, 0.2) is 0 Å². The maximum Gasteiger partial charge on any atom is 0.262 e. The average molecular weight is 375 g/mol. The summed E-state index contributed by atoms with van der Waals surface area (Å²) in [4.78, 5) is 4.72. The molecule has 0 aliphatic carbocycles. The Labute approximate surface area is 153 Å². The minimum Gasteiger partial charge on any atom is -0.280 e. The minimum atomic E-state index is -3.65. The zero-order valence-electron chi connectivity index (χ0n) is 15.0. The molecule has 0 saturated heterocycles. The molecule has 1 heterocycles. The maximum atomic E-state index is 12.9. The number of thiazole rings is 1. The van der Waals surface area contributed by atoms with E-state index >= 15 is 0 Å². The number of benzene rings is 2. The number of fused-ring (bicyclic) bond motifs is 1. The number of aryl methyl sites for hydroxylation is 2. The Morgan fingerprint density at radius 3 is 2.44 bits per heavy atom. The summed E-state index contributed by atoms with van der Waals surface area (Å²) in [5, 5.41) is 0.962. The van der Waals surface area contributed by atoms with Crippen molar-refractivity contribution in [3.05, 3.63) is 52.5 Å². The second-order valence-corrected chi connectivity index (χ2v) is 10.1. The molecule has 0 bridgehead atoms. The van der Waals surface area contributed by atoms with Crippen LogP contribution in [0.3, 0.4) is 0 Å². The summed E-state index contributed by atoms with van der Waals surface area (Å²) in [6, 6.07) is 11.1. The van der Waals surface area contributed by atoms with E-state index in [1.807, 2.05) is 38.1 Å².